The number of ketones is 1. The first-order chi connectivity index (χ1) is 9.95. The van der Waals surface area contributed by atoms with Gasteiger partial charge in [-0.1, -0.05) is 19.9 Å². The Kier molecular flexibility index (Phi) is 2.96. The minimum absolute atomic E-state index is 0.0681. The maximum Gasteiger partial charge on any atom is 0.161 e. The Labute approximate surface area is 128 Å². The van der Waals surface area contributed by atoms with Crippen LogP contribution in [0.1, 0.15) is 58.8 Å². The van der Waals surface area contributed by atoms with Gasteiger partial charge in [-0.3, -0.25) is 4.79 Å². The molecule has 0 aliphatic heterocycles. The molecule has 0 saturated heterocycles. The lowest BCUT2D eigenvalue weighted by molar-refractivity contribution is -0.139. The summed E-state index contributed by atoms with van der Waals surface area (Å²) in [4.78, 5) is 12.3. The molecule has 0 spiro atoms. The van der Waals surface area contributed by atoms with Gasteiger partial charge in [-0.05, 0) is 80.1 Å². The summed E-state index contributed by atoms with van der Waals surface area (Å²) in [6.45, 7) is 4.69. The van der Waals surface area contributed by atoms with Crippen molar-refractivity contribution in [2.75, 3.05) is 0 Å². The van der Waals surface area contributed by atoms with E-state index in [0.717, 1.165) is 25.2 Å². The Morgan fingerprint density at radius 1 is 1.14 bits per heavy atom. The minimum atomic E-state index is -0.0987. The molecule has 3 fully saturated rings. The van der Waals surface area contributed by atoms with Crippen LogP contribution in [0.5, 0.6) is 0 Å². The number of hydrogen-bond acceptors (Lipinski definition) is 2. The Balaban J connectivity index is 1.65. The first-order valence-corrected chi connectivity index (χ1v) is 8.86. The lowest BCUT2D eigenvalue weighted by Gasteiger charge is -2.59. The van der Waals surface area contributed by atoms with Crippen LogP contribution in [0.4, 0.5) is 0 Å². The van der Waals surface area contributed by atoms with Crippen molar-refractivity contribution in [1.82, 2.24) is 0 Å². The first-order valence-electron chi connectivity index (χ1n) is 8.86. The summed E-state index contributed by atoms with van der Waals surface area (Å²) in [5, 5.41) is 10.0. The number of aliphatic hydroxyl groups is 1. The number of fused-ring (bicyclic) bond motifs is 5. The Hall–Kier alpha value is -0.630. The first kappa shape index (κ1) is 14.0. The van der Waals surface area contributed by atoms with Crippen LogP contribution in [-0.2, 0) is 4.79 Å². The average Bonchev–Trinajstić information content (AvgIpc) is 2.76. The Morgan fingerprint density at radius 2 is 1.95 bits per heavy atom. The third kappa shape index (κ3) is 1.78. The summed E-state index contributed by atoms with van der Waals surface area (Å²) in [7, 11) is 0. The van der Waals surface area contributed by atoms with Gasteiger partial charge < -0.3 is 5.11 Å². The fraction of sp³-hybridized carbons (Fsp3) is 0.842. The predicted octanol–water partition coefficient (Wildman–Crippen LogP) is 3.74. The van der Waals surface area contributed by atoms with Crippen molar-refractivity contribution in [3.8, 4) is 0 Å². The number of allylic oxidation sites excluding steroid dienone is 2. The van der Waals surface area contributed by atoms with Gasteiger partial charge in [0.25, 0.3) is 0 Å². The molecule has 0 unspecified atom stereocenters. The van der Waals surface area contributed by atoms with Gasteiger partial charge in [0.15, 0.2) is 5.78 Å². The van der Waals surface area contributed by atoms with E-state index in [1.807, 2.05) is 6.08 Å². The minimum Gasteiger partial charge on any atom is -0.393 e. The molecule has 2 nitrogen and oxygen atoms in total. The maximum absolute atomic E-state index is 12.3. The molecule has 2 heteroatoms. The molecule has 4 aliphatic carbocycles. The predicted molar refractivity (Wildman–Crippen MR) is 82.6 cm³/mol. The summed E-state index contributed by atoms with van der Waals surface area (Å²) in [6, 6.07) is 0. The molecule has 7 atom stereocenters. The van der Waals surface area contributed by atoms with Crippen LogP contribution >= 0.6 is 0 Å². The molecule has 0 heterocycles. The number of rotatable bonds is 0. The summed E-state index contributed by atoms with van der Waals surface area (Å²) >= 11 is 0. The van der Waals surface area contributed by atoms with E-state index >= 15 is 0 Å². The fourth-order valence-corrected chi connectivity index (χ4v) is 6.51. The van der Waals surface area contributed by atoms with Crippen LogP contribution in [0, 0.1) is 34.5 Å². The molecule has 0 amide bonds. The molecule has 0 aromatic rings. The average molecular weight is 288 g/mol. The van der Waals surface area contributed by atoms with Crippen molar-refractivity contribution in [3.63, 3.8) is 0 Å². The Morgan fingerprint density at radius 3 is 2.76 bits per heavy atom. The molecule has 0 aromatic heterocycles. The highest BCUT2D eigenvalue weighted by Crippen LogP contribution is 2.64. The van der Waals surface area contributed by atoms with Gasteiger partial charge in [-0.25, -0.2) is 0 Å². The topological polar surface area (TPSA) is 37.3 Å². The van der Waals surface area contributed by atoms with Crippen LogP contribution in [0.15, 0.2) is 12.2 Å². The second kappa shape index (κ2) is 4.44. The molecule has 116 valence electrons. The number of carbonyl (C=O) groups is 1. The van der Waals surface area contributed by atoms with Gasteiger partial charge in [-0.15, -0.1) is 0 Å². The molecule has 21 heavy (non-hydrogen) atoms. The summed E-state index contributed by atoms with van der Waals surface area (Å²) < 4.78 is 0. The largest absolute Gasteiger partial charge is 0.393 e. The zero-order valence-electron chi connectivity index (χ0n) is 13.3. The molecule has 0 aromatic carbocycles. The molecule has 0 bridgehead atoms. The molecule has 4 rings (SSSR count). The SMILES string of the molecule is C[C@@]12CC[C@@H](O)C[C@H]1CC[C@H]1[C@H]2CC[C@@]2(C)C(=O)C=C[C@H]12. The number of aliphatic hydroxyl groups excluding tert-OH is 1. The summed E-state index contributed by atoms with van der Waals surface area (Å²) in [5.41, 5.74) is 0.307. The molecule has 0 radical (unpaired) electrons. The van der Waals surface area contributed by atoms with Crippen molar-refractivity contribution in [2.45, 2.75) is 64.9 Å². The van der Waals surface area contributed by atoms with Crippen molar-refractivity contribution in [1.29, 1.82) is 0 Å². The maximum atomic E-state index is 12.3. The third-order valence-electron chi connectivity index (χ3n) is 7.91. The standard InChI is InChI=1S/C19H28O2/c1-18-9-7-13(20)11-12(18)3-4-14-15-5-6-17(21)19(15,2)10-8-16(14)18/h5-6,12-16,20H,3-4,7-11H2,1-2H3/t12-,13-,14-,15-,16-,18-,19-/m1/s1. The van der Waals surface area contributed by atoms with Crippen LogP contribution < -0.4 is 0 Å². The second-order valence-corrected chi connectivity index (χ2v) is 8.68. The van der Waals surface area contributed by atoms with Crippen molar-refractivity contribution in [2.24, 2.45) is 34.5 Å². The van der Waals surface area contributed by atoms with Gasteiger partial charge in [0.1, 0.15) is 0 Å². The molecular weight excluding hydrogens is 260 g/mol. The monoisotopic (exact) mass is 288 g/mol. The molecule has 3 saturated carbocycles. The number of carbonyl (C=O) groups excluding carboxylic acids is 1. The van der Waals surface area contributed by atoms with Crippen molar-refractivity contribution >= 4 is 5.78 Å². The Bertz CT molecular complexity index is 496. The zero-order valence-corrected chi connectivity index (χ0v) is 13.3. The van der Waals surface area contributed by atoms with E-state index < -0.39 is 0 Å². The molecule has 4 aliphatic rings. The van der Waals surface area contributed by atoms with Crippen LogP contribution in [-0.4, -0.2) is 17.0 Å². The highest BCUT2D eigenvalue weighted by Gasteiger charge is 2.58. The highest BCUT2D eigenvalue weighted by molar-refractivity contribution is 5.97. The third-order valence-corrected chi connectivity index (χ3v) is 7.91. The van der Waals surface area contributed by atoms with Gasteiger partial charge in [0.2, 0.25) is 0 Å². The van der Waals surface area contributed by atoms with E-state index in [9.17, 15) is 9.90 Å². The number of hydrogen-bond donors (Lipinski definition) is 1. The van der Waals surface area contributed by atoms with Crippen molar-refractivity contribution < 1.29 is 9.90 Å². The summed E-state index contributed by atoms with van der Waals surface area (Å²) in [6.07, 6.45) is 12.0. The quantitative estimate of drug-likeness (QED) is 0.737. The van der Waals surface area contributed by atoms with Gasteiger partial charge in [-0.2, -0.15) is 0 Å². The van der Waals surface area contributed by atoms with Gasteiger partial charge in [0, 0.05) is 5.41 Å². The van der Waals surface area contributed by atoms with Crippen molar-refractivity contribution in [3.05, 3.63) is 12.2 Å². The van der Waals surface area contributed by atoms with Gasteiger partial charge >= 0.3 is 0 Å². The lowest BCUT2D eigenvalue weighted by atomic mass is 9.45. The lowest BCUT2D eigenvalue weighted by Crippen LogP contribution is -2.54. The van der Waals surface area contributed by atoms with Gasteiger partial charge in [0.05, 0.1) is 6.10 Å². The highest BCUT2D eigenvalue weighted by atomic mass is 16.3. The van der Waals surface area contributed by atoms with E-state index in [1.165, 1.54) is 25.7 Å². The van der Waals surface area contributed by atoms with E-state index in [-0.39, 0.29) is 11.5 Å². The van der Waals surface area contributed by atoms with E-state index in [1.54, 1.807) is 0 Å². The zero-order chi connectivity index (χ0) is 14.8. The molecule has 1 N–H and O–H groups in total. The van der Waals surface area contributed by atoms with Crippen LogP contribution in [0.2, 0.25) is 0 Å². The normalized spacial score (nSPS) is 55.8. The van der Waals surface area contributed by atoms with Crippen LogP contribution in [0.3, 0.4) is 0 Å². The fourth-order valence-electron chi connectivity index (χ4n) is 6.51. The summed E-state index contributed by atoms with van der Waals surface area (Å²) in [5.74, 6) is 3.01. The van der Waals surface area contributed by atoms with E-state index in [2.05, 4.69) is 19.9 Å². The van der Waals surface area contributed by atoms with Crippen LogP contribution in [0.25, 0.3) is 0 Å². The smallest absolute Gasteiger partial charge is 0.161 e. The van der Waals surface area contributed by atoms with E-state index in [4.69, 9.17) is 0 Å². The molecular formula is C19H28O2. The second-order valence-electron chi connectivity index (χ2n) is 8.68. The van der Waals surface area contributed by atoms with E-state index in [0.29, 0.717) is 29.0 Å².